The first kappa shape index (κ1) is 14.1. The highest BCUT2D eigenvalue weighted by Gasteiger charge is 2.03. The van der Waals surface area contributed by atoms with Gasteiger partial charge in [0.2, 0.25) is 0 Å². The minimum absolute atomic E-state index is 0.559. The second kappa shape index (κ2) is 6.31. The van der Waals surface area contributed by atoms with Gasteiger partial charge in [0.25, 0.3) is 0 Å². The van der Waals surface area contributed by atoms with Gasteiger partial charge in [-0.05, 0) is 41.8 Å². The Morgan fingerprint density at radius 2 is 1.77 bits per heavy atom. The molecule has 0 radical (unpaired) electrons. The van der Waals surface area contributed by atoms with Crippen LogP contribution in [0.1, 0.15) is 11.1 Å². The molecular formula is C19H18N2O. The summed E-state index contributed by atoms with van der Waals surface area (Å²) in [5, 5.41) is 0. The van der Waals surface area contributed by atoms with Crippen molar-refractivity contribution in [2.24, 2.45) is 0 Å². The van der Waals surface area contributed by atoms with E-state index in [2.05, 4.69) is 17.1 Å². The fourth-order valence-corrected chi connectivity index (χ4v) is 2.25. The van der Waals surface area contributed by atoms with Gasteiger partial charge in [0, 0.05) is 11.8 Å². The number of hydrogen-bond donors (Lipinski definition) is 1. The summed E-state index contributed by atoms with van der Waals surface area (Å²) in [5.41, 5.74) is 10.0. The van der Waals surface area contributed by atoms with Crippen LogP contribution in [-0.4, -0.2) is 4.98 Å². The molecular weight excluding hydrogens is 272 g/mol. The molecule has 1 heterocycles. The first-order chi connectivity index (χ1) is 10.7. The van der Waals surface area contributed by atoms with Crippen molar-refractivity contribution >= 4 is 5.82 Å². The second-order valence-corrected chi connectivity index (χ2v) is 5.23. The van der Waals surface area contributed by atoms with E-state index in [0.29, 0.717) is 12.4 Å². The predicted molar refractivity (Wildman–Crippen MR) is 89.6 cm³/mol. The molecule has 22 heavy (non-hydrogen) atoms. The highest BCUT2D eigenvalue weighted by molar-refractivity contribution is 5.66. The van der Waals surface area contributed by atoms with Crippen molar-refractivity contribution in [1.29, 1.82) is 0 Å². The minimum atomic E-state index is 0.559. The van der Waals surface area contributed by atoms with Crippen molar-refractivity contribution in [3.8, 4) is 16.9 Å². The topological polar surface area (TPSA) is 48.1 Å². The quantitative estimate of drug-likeness (QED) is 0.782. The smallest absolute Gasteiger partial charge is 0.126 e. The van der Waals surface area contributed by atoms with Crippen LogP contribution < -0.4 is 10.5 Å². The number of nitrogen functional groups attached to an aromatic ring is 1. The van der Waals surface area contributed by atoms with Crippen molar-refractivity contribution < 1.29 is 4.74 Å². The molecule has 2 N–H and O–H groups in total. The van der Waals surface area contributed by atoms with Gasteiger partial charge in [-0.1, -0.05) is 42.5 Å². The number of aryl methyl sites for hydroxylation is 1. The van der Waals surface area contributed by atoms with Crippen molar-refractivity contribution in [2.75, 3.05) is 5.73 Å². The van der Waals surface area contributed by atoms with Gasteiger partial charge in [0.1, 0.15) is 18.2 Å². The van der Waals surface area contributed by atoms with Gasteiger partial charge in [0.05, 0.1) is 0 Å². The fourth-order valence-electron chi connectivity index (χ4n) is 2.25. The molecule has 0 saturated carbocycles. The van der Waals surface area contributed by atoms with Crippen molar-refractivity contribution in [3.63, 3.8) is 0 Å². The Morgan fingerprint density at radius 3 is 2.55 bits per heavy atom. The SMILES string of the molecule is Cc1cc(-c2cccc(OCc3ccccc3)c2)cnc1N. The summed E-state index contributed by atoms with van der Waals surface area (Å²) in [4.78, 5) is 4.22. The molecule has 0 unspecified atom stereocenters. The molecule has 0 aliphatic rings. The monoisotopic (exact) mass is 290 g/mol. The third-order valence-electron chi connectivity index (χ3n) is 3.53. The number of nitrogens with zero attached hydrogens (tertiary/aromatic N) is 1. The Hall–Kier alpha value is -2.81. The van der Waals surface area contributed by atoms with Crippen LogP contribution in [0.5, 0.6) is 5.75 Å². The molecule has 2 aromatic carbocycles. The van der Waals surface area contributed by atoms with Gasteiger partial charge < -0.3 is 10.5 Å². The normalized spacial score (nSPS) is 10.4. The molecule has 0 amide bonds. The highest BCUT2D eigenvalue weighted by Crippen LogP contribution is 2.25. The van der Waals surface area contributed by atoms with E-state index in [1.165, 1.54) is 0 Å². The van der Waals surface area contributed by atoms with E-state index in [1.54, 1.807) is 6.20 Å². The van der Waals surface area contributed by atoms with E-state index >= 15 is 0 Å². The zero-order valence-corrected chi connectivity index (χ0v) is 12.5. The Kier molecular flexibility index (Phi) is 4.05. The lowest BCUT2D eigenvalue weighted by atomic mass is 10.1. The van der Waals surface area contributed by atoms with Crippen LogP contribution in [0.2, 0.25) is 0 Å². The van der Waals surface area contributed by atoms with Gasteiger partial charge in [-0.2, -0.15) is 0 Å². The molecule has 0 spiro atoms. The van der Waals surface area contributed by atoms with Crippen LogP contribution in [-0.2, 0) is 6.61 Å². The third kappa shape index (κ3) is 3.26. The number of hydrogen-bond acceptors (Lipinski definition) is 3. The lowest BCUT2D eigenvalue weighted by Crippen LogP contribution is -1.96. The maximum absolute atomic E-state index is 5.86. The van der Waals surface area contributed by atoms with Crippen LogP contribution in [0.3, 0.4) is 0 Å². The Labute approximate surface area is 130 Å². The van der Waals surface area contributed by atoms with Crippen molar-refractivity contribution in [2.45, 2.75) is 13.5 Å². The first-order valence-corrected chi connectivity index (χ1v) is 7.21. The number of anilines is 1. The van der Waals surface area contributed by atoms with Crippen LogP contribution in [0.15, 0.2) is 66.9 Å². The summed E-state index contributed by atoms with van der Waals surface area (Å²) in [5.74, 6) is 1.41. The average molecular weight is 290 g/mol. The number of ether oxygens (including phenoxy) is 1. The molecule has 0 bridgehead atoms. The number of aromatic nitrogens is 1. The van der Waals surface area contributed by atoms with Gasteiger partial charge in [-0.15, -0.1) is 0 Å². The maximum Gasteiger partial charge on any atom is 0.126 e. The summed E-state index contributed by atoms with van der Waals surface area (Å²) >= 11 is 0. The zero-order chi connectivity index (χ0) is 15.4. The van der Waals surface area contributed by atoms with Crippen LogP contribution in [0.25, 0.3) is 11.1 Å². The highest BCUT2D eigenvalue weighted by atomic mass is 16.5. The summed E-state index contributed by atoms with van der Waals surface area (Å²) < 4.78 is 5.86. The molecule has 3 rings (SSSR count). The Bertz CT molecular complexity index is 769. The van der Waals surface area contributed by atoms with Gasteiger partial charge in [0.15, 0.2) is 0 Å². The van der Waals surface area contributed by atoms with Crippen molar-refractivity contribution in [1.82, 2.24) is 4.98 Å². The predicted octanol–water partition coefficient (Wildman–Crippen LogP) is 4.22. The van der Waals surface area contributed by atoms with Crippen LogP contribution >= 0.6 is 0 Å². The van der Waals surface area contributed by atoms with Gasteiger partial charge >= 0.3 is 0 Å². The van der Waals surface area contributed by atoms with E-state index in [0.717, 1.165) is 28.0 Å². The molecule has 1 aromatic heterocycles. The van der Waals surface area contributed by atoms with E-state index < -0.39 is 0 Å². The first-order valence-electron chi connectivity index (χ1n) is 7.21. The van der Waals surface area contributed by atoms with Crippen molar-refractivity contribution in [3.05, 3.63) is 78.0 Å². The lowest BCUT2D eigenvalue weighted by Gasteiger charge is -2.09. The van der Waals surface area contributed by atoms with Crippen LogP contribution in [0, 0.1) is 6.92 Å². The second-order valence-electron chi connectivity index (χ2n) is 5.23. The number of nitrogens with two attached hydrogens (primary N) is 1. The van der Waals surface area contributed by atoms with E-state index in [9.17, 15) is 0 Å². The largest absolute Gasteiger partial charge is 0.489 e. The summed E-state index contributed by atoms with van der Waals surface area (Å²) in [6.45, 7) is 2.52. The molecule has 0 saturated heterocycles. The standard InChI is InChI=1S/C19H18N2O/c1-14-10-17(12-21-19(14)20)16-8-5-9-18(11-16)22-13-15-6-3-2-4-7-15/h2-12H,13H2,1H3,(H2,20,21). The molecule has 0 aliphatic carbocycles. The van der Waals surface area contributed by atoms with E-state index in [1.807, 2.05) is 55.5 Å². The summed E-state index contributed by atoms with van der Waals surface area (Å²) in [6, 6.07) is 20.2. The average Bonchev–Trinajstić information content (AvgIpc) is 2.57. The molecule has 0 aliphatic heterocycles. The minimum Gasteiger partial charge on any atom is -0.489 e. The number of pyridine rings is 1. The van der Waals surface area contributed by atoms with E-state index in [4.69, 9.17) is 10.5 Å². The maximum atomic E-state index is 5.86. The molecule has 110 valence electrons. The van der Waals surface area contributed by atoms with E-state index in [-0.39, 0.29) is 0 Å². The molecule has 3 heteroatoms. The molecule has 3 nitrogen and oxygen atoms in total. The number of benzene rings is 2. The summed E-state index contributed by atoms with van der Waals surface area (Å²) in [6.07, 6.45) is 1.79. The molecule has 0 fully saturated rings. The van der Waals surface area contributed by atoms with Gasteiger partial charge in [-0.25, -0.2) is 4.98 Å². The Morgan fingerprint density at radius 1 is 0.955 bits per heavy atom. The zero-order valence-electron chi connectivity index (χ0n) is 12.5. The number of rotatable bonds is 4. The van der Waals surface area contributed by atoms with Crippen LogP contribution in [0.4, 0.5) is 5.82 Å². The lowest BCUT2D eigenvalue weighted by molar-refractivity contribution is 0.306. The molecule has 0 atom stereocenters. The third-order valence-corrected chi connectivity index (χ3v) is 3.53. The fraction of sp³-hybridized carbons (Fsp3) is 0.105. The molecule has 3 aromatic rings. The Balaban J connectivity index is 1.79. The summed E-state index contributed by atoms with van der Waals surface area (Å²) in [7, 11) is 0. The van der Waals surface area contributed by atoms with Gasteiger partial charge in [-0.3, -0.25) is 0 Å².